The molecule has 0 rings (SSSR count). The van der Waals surface area contributed by atoms with Crippen LogP contribution in [-0.2, 0) is 0 Å². The molecule has 20 heavy (non-hydrogen) atoms. The first-order valence-corrected chi connectivity index (χ1v) is 5.61. The molecule has 0 heterocycles. The van der Waals surface area contributed by atoms with Gasteiger partial charge in [0.1, 0.15) is 0 Å². The lowest BCUT2D eigenvalue weighted by atomic mass is 9.96. The second-order valence-electron chi connectivity index (χ2n) is 4.28. The van der Waals surface area contributed by atoms with E-state index in [9.17, 15) is 39.5 Å². The molecule has 0 saturated carbocycles. The molecule has 0 radical (unpaired) electrons. The maximum atomic E-state index is 13.0. The highest BCUT2D eigenvalue weighted by Gasteiger charge is 2.82. The molecule has 1 unspecified atom stereocenters. The maximum absolute atomic E-state index is 13.0. The van der Waals surface area contributed by atoms with E-state index in [1.54, 1.807) is 6.92 Å². The minimum atomic E-state index is -6.81. The third-order valence-corrected chi connectivity index (χ3v) is 2.65. The first kappa shape index (κ1) is 19.3. The smallest absolute Gasteiger partial charge is 0.331 e. The fraction of sp³-hybridized carbons (Fsp3) is 1.00. The van der Waals surface area contributed by atoms with Gasteiger partial charge in [-0.15, -0.1) is 0 Å². The van der Waals surface area contributed by atoms with Crippen LogP contribution in [0, 0.1) is 0 Å². The van der Waals surface area contributed by atoms with Crippen molar-refractivity contribution >= 4 is 0 Å². The van der Waals surface area contributed by atoms with E-state index in [0.717, 1.165) is 0 Å². The van der Waals surface area contributed by atoms with Crippen LogP contribution in [0.5, 0.6) is 0 Å². The minimum Gasteiger partial charge on any atom is -0.331 e. The first-order valence-electron chi connectivity index (χ1n) is 5.61. The van der Waals surface area contributed by atoms with E-state index in [-0.39, 0.29) is 12.8 Å². The van der Waals surface area contributed by atoms with Crippen LogP contribution in [0.15, 0.2) is 0 Å². The van der Waals surface area contributed by atoms with E-state index in [2.05, 4.69) is 0 Å². The Balaban J connectivity index is 5.25. The van der Waals surface area contributed by atoms with Crippen molar-refractivity contribution in [2.45, 2.75) is 62.7 Å². The molecule has 0 saturated heterocycles. The van der Waals surface area contributed by atoms with E-state index in [4.69, 9.17) is 5.11 Å². The monoisotopic (exact) mass is 320 g/mol. The molecule has 0 amide bonds. The molecular weight excluding hydrogens is 307 g/mol. The molecule has 0 fully saturated rings. The average Bonchev–Trinajstić information content (AvgIpc) is 2.27. The van der Waals surface area contributed by atoms with Gasteiger partial charge in [-0.1, -0.05) is 26.2 Å². The number of aliphatic hydroxyl groups is 1. The van der Waals surface area contributed by atoms with Crippen LogP contribution in [-0.4, -0.2) is 35.2 Å². The molecule has 0 aromatic heterocycles. The van der Waals surface area contributed by atoms with Crippen molar-refractivity contribution in [2.24, 2.45) is 0 Å². The second kappa shape index (κ2) is 5.98. The largest absolute Gasteiger partial charge is 0.423 e. The summed E-state index contributed by atoms with van der Waals surface area (Å²) in [5, 5.41) is 7.62. The third kappa shape index (κ3) is 3.32. The van der Waals surface area contributed by atoms with Gasteiger partial charge in [0.05, 0.1) is 0 Å². The van der Waals surface area contributed by atoms with Gasteiger partial charge in [-0.3, -0.25) is 0 Å². The summed E-state index contributed by atoms with van der Waals surface area (Å²) in [7, 11) is 0. The van der Waals surface area contributed by atoms with Gasteiger partial charge in [0, 0.05) is 0 Å². The molecule has 1 nitrogen and oxygen atoms in total. The van der Waals surface area contributed by atoms with Crippen LogP contribution in [0.4, 0.5) is 39.5 Å². The Labute approximate surface area is 108 Å². The average molecular weight is 320 g/mol. The highest BCUT2D eigenvalue weighted by molar-refractivity contribution is 5.03. The van der Waals surface area contributed by atoms with Crippen LogP contribution in [0.2, 0.25) is 0 Å². The molecule has 1 N–H and O–H groups in total. The highest BCUT2D eigenvalue weighted by atomic mass is 19.4. The molecule has 0 aliphatic heterocycles. The summed E-state index contributed by atoms with van der Waals surface area (Å²) in [6, 6.07) is 0. The number of halogens is 9. The van der Waals surface area contributed by atoms with Gasteiger partial charge in [0.2, 0.25) is 0 Å². The predicted molar refractivity (Wildman–Crippen MR) is 51.0 cm³/mol. The highest BCUT2D eigenvalue weighted by Crippen LogP contribution is 2.53. The summed E-state index contributed by atoms with van der Waals surface area (Å²) in [5.41, 5.74) is 0. The van der Waals surface area contributed by atoms with Crippen LogP contribution >= 0.6 is 0 Å². The molecule has 122 valence electrons. The van der Waals surface area contributed by atoms with Crippen molar-refractivity contribution in [3.05, 3.63) is 0 Å². The number of alkyl halides is 9. The molecule has 0 bridgehead atoms. The lowest BCUT2D eigenvalue weighted by Crippen LogP contribution is -2.64. The summed E-state index contributed by atoms with van der Waals surface area (Å²) >= 11 is 0. The van der Waals surface area contributed by atoms with Crippen molar-refractivity contribution in [2.75, 3.05) is 0 Å². The Morgan fingerprint density at radius 2 is 1.30 bits per heavy atom. The number of rotatable bonds is 8. The van der Waals surface area contributed by atoms with Crippen LogP contribution in [0.3, 0.4) is 0 Å². The van der Waals surface area contributed by atoms with Crippen molar-refractivity contribution in [3.63, 3.8) is 0 Å². The normalized spacial score (nSPS) is 16.4. The van der Waals surface area contributed by atoms with Gasteiger partial charge in [0.15, 0.2) is 6.17 Å². The molecule has 0 aromatic carbocycles. The summed E-state index contributed by atoms with van der Waals surface area (Å²) in [4.78, 5) is 0. The Bertz CT molecular complexity index is 310. The molecule has 0 aliphatic carbocycles. The predicted octanol–water partition coefficient (Wildman–Crippen LogP) is 4.40. The summed E-state index contributed by atoms with van der Waals surface area (Å²) in [6.07, 6.45) is -11.1. The summed E-state index contributed by atoms with van der Waals surface area (Å²) in [5.74, 6) is -19.6. The van der Waals surface area contributed by atoms with E-state index in [0.29, 0.717) is 6.42 Å². The lowest BCUT2D eigenvalue weighted by Gasteiger charge is -2.35. The van der Waals surface area contributed by atoms with Gasteiger partial charge < -0.3 is 5.11 Å². The zero-order valence-electron chi connectivity index (χ0n) is 10.3. The van der Waals surface area contributed by atoms with Crippen molar-refractivity contribution in [3.8, 4) is 0 Å². The number of hydrogen-bond acceptors (Lipinski definition) is 1. The lowest BCUT2D eigenvalue weighted by molar-refractivity contribution is -0.422. The van der Waals surface area contributed by atoms with Crippen LogP contribution in [0.1, 0.15) is 32.6 Å². The molecule has 10 heteroatoms. The van der Waals surface area contributed by atoms with E-state index >= 15 is 0 Å². The molecule has 0 aliphatic rings. The third-order valence-electron chi connectivity index (χ3n) is 2.65. The Morgan fingerprint density at radius 3 is 1.65 bits per heavy atom. The van der Waals surface area contributed by atoms with Gasteiger partial charge in [-0.05, 0) is 6.42 Å². The van der Waals surface area contributed by atoms with Crippen molar-refractivity contribution < 1.29 is 44.6 Å². The van der Waals surface area contributed by atoms with E-state index in [1.807, 2.05) is 0 Å². The Hall–Kier alpha value is -0.670. The molecule has 0 spiro atoms. The Morgan fingerprint density at radius 1 is 0.850 bits per heavy atom. The molecule has 1 atom stereocenters. The zero-order valence-corrected chi connectivity index (χ0v) is 10.3. The Kier molecular flexibility index (Phi) is 5.78. The first-order chi connectivity index (χ1) is 8.73. The number of hydrogen-bond donors (Lipinski definition) is 1. The molecule has 0 aromatic rings. The topological polar surface area (TPSA) is 20.2 Å². The minimum absolute atomic E-state index is 0.175. The van der Waals surface area contributed by atoms with Gasteiger partial charge >= 0.3 is 23.9 Å². The van der Waals surface area contributed by atoms with Gasteiger partial charge in [-0.25, -0.2) is 4.39 Å². The maximum Gasteiger partial charge on any atom is 0.423 e. The second-order valence-corrected chi connectivity index (χ2v) is 4.28. The van der Waals surface area contributed by atoms with Gasteiger partial charge in [-0.2, -0.15) is 35.1 Å². The molecular formula is C10H13F9O. The SMILES string of the molecule is CCCCCC(F)C(F)(F)C(F)(F)C(F)(F)C(O)(F)F. The number of unbranched alkanes of at least 4 members (excludes halogenated alkanes) is 2. The quantitative estimate of drug-likeness (QED) is 0.519. The van der Waals surface area contributed by atoms with E-state index < -0.39 is 36.5 Å². The van der Waals surface area contributed by atoms with E-state index in [1.165, 1.54) is 0 Å². The fourth-order valence-electron chi connectivity index (χ4n) is 1.35. The van der Waals surface area contributed by atoms with Crippen LogP contribution < -0.4 is 0 Å². The van der Waals surface area contributed by atoms with Crippen molar-refractivity contribution in [1.29, 1.82) is 0 Å². The standard InChI is InChI=1S/C10H13F9O/c1-2-3-4-5-6(11)7(12,13)8(14,15)9(16,17)10(18,19)20/h6,20H,2-5H2,1H3. The van der Waals surface area contributed by atoms with Gasteiger partial charge in [0.25, 0.3) is 0 Å². The van der Waals surface area contributed by atoms with Crippen molar-refractivity contribution in [1.82, 2.24) is 0 Å². The fourth-order valence-corrected chi connectivity index (χ4v) is 1.35. The zero-order chi connectivity index (χ0) is 16.4. The summed E-state index contributed by atoms with van der Waals surface area (Å²) < 4.78 is 114. The van der Waals surface area contributed by atoms with Crippen LogP contribution in [0.25, 0.3) is 0 Å². The summed E-state index contributed by atoms with van der Waals surface area (Å²) in [6.45, 7) is 1.58.